The third-order valence-corrected chi connectivity index (χ3v) is 3.77. The summed E-state index contributed by atoms with van der Waals surface area (Å²) in [6.07, 6.45) is 1.37. The van der Waals surface area contributed by atoms with Gasteiger partial charge >= 0.3 is 11.9 Å². The van der Waals surface area contributed by atoms with E-state index in [1.165, 1.54) is 6.92 Å². The molecule has 0 saturated carbocycles. The Labute approximate surface area is 173 Å². The number of carbonyl (C=O) groups is 2. The van der Waals surface area contributed by atoms with Crippen LogP contribution in [0, 0.1) is 0 Å². The Hall–Kier alpha value is -1.74. The van der Waals surface area contributed by atoms with Crippen molar-refractivity contribution in [2.75, 3.05) is 33.0 Å². The third kappa shape index (κ3) is 14.9. The molecule has 0 aliphatic carbocycles. The molecule has 8 heteroatoms. The molecule has 0 bridgehead atoms. The van der Waals surface area contributed by atoms with E-state index >= 15 is 0 Å². The Morgan fingerprint density at radius 3 is 1.86 bits per heavy atom. The van der Waals surface area contributed by atoms with Crippen molar-refractivity contribution < 1.29 is 38.7 Å². The van der Waals surface area contributed by atoms with Crippen LogP contribution in [0.4, 0.5) is 0 Å². The summed E-state index contributed by atoms with van der Waals surface area (Å²) in [7, 11) is 0. The molecule has 0 fully saturated rings. The Morgan fingerprint density at radius 1 is 0.862 bits per heavy atom. The molecule has 0 spiro atoms. The number of rotatable bonds is 17. The molecular formula is C21H36O8. The standard InChI is InChI=1S/C21H36O8/c1-6-8-19(27-12-18(23)14-29-21(25)16(4)5)9-7-10-26-11-17(22)13-28-20(24)15(2)3/h17-19,22-23H,2,4,6-14H2,1,3,5H3. The van der Waals surface area contributed by atoms with Gasteiger partial charge in [0.15, 0.2) is 0 Å². The largest absolute Gasteiger partial charge is 0.460 e. The van der Waals surface area contributed by atoms with E-state index in [4.69, 9.17) is 18.9 Å². The average molecular weight is 417 g/mol. The van der Waals surface area contributed by atoms with Gasteiger partial charge in [-0.3, -0.25) is 0 Å². The predicted molar refractivity (Wildman–Crippen MR) is 108 cm³/mol. The Kier molecular flexibility index (Phi) is 15.1. The van der Waals surface area contributed by atoms with Crippen LogP contribution in [0.2, 0.25) is 0 Å². The highest BCUT2D eigenvalue weighted by Gasteiger charge is 2.14. The number of carbonyl (C=O) groups excluding carboxylic acids is 2. The van der Waals surface area contributed by atoms with Crippen molar-refractivity contribution in [2.24, 2.45) is 0 Å². The summed E-state index contributed by atoms with van der Waals surface area (Å²) >= 11 is 0. The van der Waals surface area contributed by atoms with Gasteiger partial charge in [0.1, 0.15) is 25.4 Å². The number of hydrogen-bond donors (Lipinski definition) is 2. The number of ether oxygens (including phenoxy) is 4. The van der Waals surface area contributed by atoms with E-state index in [-0.39, 0.29) is 43.7 Å². The van der Waals surface area contributed by atoms with Crippen molar-refractivity contribution in [3.05, 3.63) is 24.3 Å². The van der Waals surface area contributed by atoms with Crippen LogP contribution in [-0.4, -0.2) is 73.5 Å². The van der Waals surface area contributed by atoms with Crippen LogP contribution in [0.15, 0.2) is 24.3 Å². The molecule has 0 radical (unpaired) electrons. The highest BCUT2D eigenvalue weighted by atomic mass is 16.6. The van der Waals surface area contributed by atoms with Crippen molar-refractivity contribution in [2.45, 2.75) is 64.8 Å². The second-order valence-electron chi connectivity index (χ2n) is 7.03. The van der Waals surface area contributed by atoms with E-state index in [2.05, 4.69) is 13.2 Å². The molecule has 0 rings (SSSR count). The van der Waals surface area contributed by atoms with Gasteiger partial charge in [0.05, 0.1) is 19.3 Å². The maximum absolute atomic E-state index is 11.3. The molecule has 0 aromatic heterocycles. The van der Waals surface area contributed by atoms with Gasteiger partial charge in [-0.2, -0.15) is 0 Å². The molecule has 168 valence electrons. The van der Waals surface area contributed by atoms with E-state index < -0.39 is 24.1 Å². The first-order chi connectivity index (χ1) is 13.7. The number of aliphatic hydroxyl groups is 2. The van der Waals surface area contributed by atoms with Gasteiger partial charge in [0, 0.05) is 17.8 Å². The summed E-state index contributed by atoms with van der Waals surface area (Å²) in [5.74, 6) is -1.08. The van der Waals surface area contributed by atoms with Crippen molar-refractivity contribution in [1.82, 2.24) is 0 Å². The summed E-state index contributed by atoms with van der Waals surface area (Å²) in [6, 6.07) is 0. The number of esters is 2. The minimum absolute atomic E-state index is 0.0449. The smallest absolute Gasteiger partial charge is 0.333 e. The molecule has 0 aliphatic heterocycles. The Balaban J connectivity index is 3.95. The lowest BCUT2D eigenvalue weighted by Crippen LogP contribution is -2.27. The zero-order valence-electron chi connectivity index (χ0n) is 17.9. The topological polar surface area (TPSA) is 112 Å². The van der Waals surface area contributed by atoms with Crippen LogP contribution in [0.1, 0.15) is 46.5 Å². The molecule has 0 aliphatic rings. The highest BCUT2D eigenvalue weighted by Crippen LogP contribution is 2.11. The first-order valence-corrected chi connectivity index (χ1v) is 9.88. The minimum atomic E-state index is -0.897. The average Bonchev–Trinajstić information content (AvgIpc) is 2.67. The normalized spacial score (nSPS) is 14.0. The van der Waals surface area contributed by atoms with Crippen molar-refractivity contribution >= 4 is 11.9 Å². The molecule has 8 nitrogen and oxygen atoms in total. The summed E-state index contributed by atoms with van der Waals surface area (Å²) < 4.78 is 20.9. The zero-order chi connectivity index (χ0) is 22.2. The van der Waals surface area contributed by atoms with Crippen LogP contribution in [-0.2, 0) is 28.5 Å². The highest BCUT2D eigenvalue weighted by molar-refractivity contribution is 5.87. The Bertz CT molecular complexity index is 517. The van der Waals surface area contributed by atoms with Crippen molar-refractivity contribution in [3.8, 4) is 0 Å². The lowest BCUT2D eigenvalue weighted by atomic mass is 10.1. The predicted octanol–water partition coefficient (Wildman–Crippen LogP) is 1.93. The monoisotopic (exact) mass is 416 g/mol. The van der Waals surface area contributed by atoms with Crippen molar-refractivity contribution in [3.63, 3.8) is 0 Å². The quantitative estimate of drug-likeness (QED) is 0.210. The van der Waals surface area contributed by atoms with Crippen LogP contribution in [0.3, 0.4) is 0 Å². The van der Waals surface area contributed by atoms with Crippen LogP contribution in [0.5, 0.6) is 0 Å². The fourth-order valence-electron chi connectivity index (χ4n) is 2.20. The van der Waals surface area contributed by atoms with Gasteiger partial charge in [-0.05, 0) is 33.1 Å². The summed E-state index contributed by atoms with van der Waals surface area (Å²) in [4.78, 5) is 22.5. The van der Waals surface area contributed by atoms with Crippen LogP contribution in [0.25, 0.3) is 0 Å². The van der Waals surface area contributed by atoms with E-state index in [0.29, 0.717) is 13.0 Å². The van der Waals surface area contributed by atoms with Gasteiger partial charge in [0.25, 0.3) is 0 Å². The third-order valence-electron chi connectivity index (χ3n) is 3.77. The first-order valence-electron chi connectivity index (χ1n) is 9.88. The molecule has 3 atom stereocenters. The summed E-state index contributed by atoms with van der Waals surface area (Å²) in [6.45, 7) is 12.3. The first kappa shape index (κ1) is 27.3. The summed E-state index contributed by atoms with van der Waals surface area (Å²) in [5, 5.41) is 19.6. The van der Waals surface area contributed by atoms with Crippen LogP contribution < -0.4 is 0 Å². The fraction of sp³-hybridized carbons (Fsp3) is 0.714. The second kappa shape index (κ2) is 16.1. The molecular weight excluding hydrogens is 380 g/mol. The Morgan fingerprint density at radius 2 is 1.38 bits per heavy atom. The zero-order valence-corrected chi connectivity index (χ0v) is 17.9. The van der Waals surface area contributed by atoms with E-state index in [9.17, 15) is 19.8 Å². The lowest BCUT2D eigenvalue weighted by Gasteiger charge is -2.20. The second-order valence-corrected chi connectivity index (χ2v) is 7.03. The van der Waals surface area contributed by atoms with Gasteiger partial charge in [0.2, 0.25) is 0 Å². The molecule has 0 heterocycles. The maximum atomic E-state index is 11.3. The van der Waals surface area contributed by atoms with Gasteiger partial charge < -0.3 is 29.2 Å². The molecule has 0 amide bonds. The molecule has 0 aromatic carbocycles. The van der Waals surface area contributed by atoms with Gasteiger partial charge in [-0.25, -0.2) is 9.59 Å². The molecule has 2 N–H and O–H groups in total. The summed E-state index contributed by atoms with van der Waals surface area (Å²) in [5.41, 5.74) is 0.556. The minimum Gasteiger partial charge on any atom is -0.460 e. The molecule has 29 heavy (non-hydrogen) atoms. The number of aliphatic hydroxyl groups excluding tert-OH is 2. The SMILES string of the molecule is C=C(C)C(=O)OCC(O)COCCCC(CCC)OCC(O)COC(=O)C(=C)C. The maximum Gasteiger partial charge on any atom is 0.333 e. The molecule has 3 unspecified atom stereocenters. The molecule has 0 saturated heterocycles. The van der Waals surface area contributed by atoms with E-state index in [0.717, 1.165) is 19.3 Å². The lowest BCUT2D eigenvalue weighted by molar-refractivity contribution is -0.144. The van der Waals surface area contributed by atoms with E-state index in [1.807, 2.05) is 6.92 Å². The fourth-order valence-corrected chi connectivity index (χ4v) is 2.20. The van der Waals surface area contributed by atoms with Gasteiger partial charge in [-0.15, -0.1) is 0 Å². The van der Waals surface area contributed by atoms with Crippen molar-refractivity contribution in [1.29, 1.82) is 0 Å². The van der Waals surface area contributed by atoms with Crippen LogP contribution >= 0.6 is 0 Å². The van der Waals surface area contributed by atoms with E-state index in [1.54, 1.807) is 6.92 Å². The number of hydrogen-bond acceptors (Lipinski definition) is 8. The molecule has 0 aromatic rings. The van der Waals surface area contributed by atoms with Gasteiger partial charge in [-0.1, -0.05) is 26.5 Å².